The van der Waals surface area contributed by atoms with Gasteiger partial charge in [0.1, 0.15) is 17.9 Å². The number of halogens is 2. The van der Waals surface area contributed by atoms with Gasteiger partial charge >= 0.3 is 0 Å². The molecule has 0 fully saturated rings. The van der Waals surface area contributed by atoms with Crippen LogP contribution in [0.2, 0.25) is 0 Å². The lowest BCUT2D eigenvalue weighted by Gasteiger charge is -2.14. The molecule has 0 aliphatic rings. The number of aromatic nitrogens is 3. The van der Waals surface area contributed by atoms with E-state index in [2.05, 4.69) is 44.7 Å². The third kappa shape index (κ3) is 4.20. The number of fused-ring (bicyclic) bond motifs is 1. The fourth-order valence-corrected chi connectivity index (χ4v) is 3.55. The van der Waals surface area contributed by atoms with Gasteiger partial charge in [0.05, 0.1) is 12.7 Å². The zero-order valence-electron chi connectivity index (χ0n) is 17.6. The monoisotopic (exact) mass is 423 g/mol. The lowest BCUT2D eigenvalue weighted by molar-refractivity contribution is 0.399. The molecule has 8 heteroatoms. The molecule has 160 valence electrons. The SMILES string of the molecule is COc1ccc(F)c(F)c1CNc1ccc(-c2ccc(CN(C)C)cc2)c2nncn12. The van der Waals surface area contributed by atoms with E-state index in [0.717, 1.165) is 23.7 Å². The van der Waals surface area contributed by atoms with Crippen LogP contribution in [0.5, 0.6) is 5.75 Å². The summed E-state index contributed by atoms with van der Waals surface area (Å²) < 4.78 is 34.9. The Bertz CT molecular complexity index is 1200. The molecule has 0 unspecified atom stereocenters. The second-order valence-electron chi connectivity index (χ2n) is 7.49. The number of nitrogens with zero attached hydrogens (tertiary/aromatic N) is 4. The number of nitrogens with one attached hydrogen (secondary N) is 1. The van der Waals surface area contributed by atoms with Crippen molar-refractivity contribution in [3.63, 3.8) is 0 Å². The Morgan fingerprint density at radius 1 is 1.03 bits per heavy atom. The summed E-state index contributed by atoms with van der Waals surface area (Å²) in [4.78, 5) is 2.11. The summed E-state index contributed by atoms with van der Waals surface area (Å²) in [7, 11) is 5.49. The van der Waals surface area contributed by atoms with Gasteiger partial charge < -0.3 is 15.0 Å². The summed E-state index contributed by atoms with van der Waals surface area (Å²) in [6.45, 7) is 0.905. The minimum atomic E-state index is -0.929. The van der Waals surface area contributed by atoms with E-state index < -0.39 is 11.6 Å². The highest BCUT2D eigenvalue weighted by molar-refractivity contribution is 5.79. The number of benzene rings is 2. The maximum Gasteiger partial charge on any atom is 0.170 e. The van der Waals surface area contributed by atoms with Crippen LogP contribution >= 0.6 is 0 Å². The summed E-state index contributed by atoms with van der Waals surface area (Å²) in [5.41, 5.74) is 3.94. The van der Waals surface area contributed by atoms with Gasteiger partial charge in [-0.3, -0.25) is 4.40 Å². The Morgan fingerprint density at radius 2 is 1.81 bits per heavy atom. The van der Waals surface area contributed by atoms with Gasteiger partial charge in [-0.25, -0.2) is 8.78 Å². The first-order valence-electron chi connectivity index (χ1n) is 9.79. The van der Waals surface area contributed by atoms with Crippen molar-refractivity contribution in [2.75, 3.05) is 26.5 Å². The molecule has 0 aliphatic carbocycles. The molecule has 6 nitrogen and oxygen atoms in total. The summed E-state index contributed by atoms with van der Waals surface area (Å²) in [6.07, 6.45) is 1.58. The van der Waals surface area contributed by atoms with Crippen molar-refractivity contribution >= 4 is 11.5 Å². The van der Waals surface area contributed by atoms with Crippen LogP contribution < -0.4 is 10.1 Å². The average Bonchev–Trinajstić information content (AvgIpc) is 3.25. The maximum absolute atomic E-state index is 14.3. The fraction of sp³-hybridized carbons (Fsp3) is 0.217. The molecule has 2 heterocycles. The van der Waals surface area contributed by atoms with Crippen molar-refractivity contribution in [2.45, 2.75) is 13.1 Å². The summed E-state index contributed by atoms with van der Waals surface area (Å²) in [5.74, 6) is -0.916. The van der Waals surface area contributed by atoms with Crippen molar-refractivity contribution in [3.05, 3.63) is 77.6 Å². The molecule has 1 N–H and O–H groups in total. The third-order valence-electron chi connectivity index (χ3n) is 5.04. The molecule has 0 atom stereocenters. The van der Waals surface area contributed by atoms with E-state index in [4.69, 9.17) is 4.74 Å². The van der Waals surface area contributed by atoms with Gasteiger partial charge in [-0.1, -0.05) is 24.3 Å². The quantitative estimate of drug-likeness (QED) is 0.479. The number of anilines is 1. The predicted molar refractivity (Wildman–Crippen MR) is 116 cm³/mol. The molecule has 0 spiro atoms. The van der Waals surface area contributed by atoms with Crippen LogP contribution in [-0.4, -0.2) is 40.7 Å². The minimum Gasteiger partial charge on any atom is -0.496 e. The summed E-state index contributed by atoms with van der Waals surface area (Å²) in [5, 5.41) is 11.4. The Balaban J connectivity index is 1.63. The van der Waals surface area contributed by atoms with Gasteiger partial charge in [-0.2, -0.15) is 0 Å². The van der Waals surface area contributed by atoms with E-state index in [9.17, 15) is 8.78 Å². The smallest absolute Gasteiger partial charge is 0.170 e. The van der Waals surface area contributed by atoms with Crippen LogP contribution in [0.3, 0.4) is 0 Å². The zero-order chi connectivity index (χ0) is 22.0. The highest BCUT2D eigenvalue weighted by Crippen LogP contribution is 2.28. The van der Waals surface area contributed by atoms with Gasteiger partial charge in [0.15, 0.2) is 17.3 Å². The molecule has 0 radical (unpaired) electrons. The second kappa shape index (κ2) is 8.69. The van der Waals surface area contributed by atoms with E-state index in [1.807, 2.05) is 26.2 Å². The van der Waals surface area contributed by atoms with Gasteiger partial charge in [-0.15, -0.1) is 10.2 Å². The van der Waals surface area contributed by atoms with Crippen molar-refractivity contribution in [2.24, 2.45) is 0 Å². The first-order chi connectivity index (χ1) is 15.0. The van der Waals surface area contributed by atoms with E-state index in [0.29, 0.717) is 11.5 Å². The largest absolute Gasteiger partial charge is 0.496 e. The molecule has 4 rings (SSSR count). The highest BCUT2D eigenvalue weighted by atomic mass is 19.2. The van der Waals surface area contributed by atoms with Gasteiger partial charge in [-0.05, 0) is 49.5 Å². The molecular weight excluding hydrogens is 400 g/mol. The molecule has 4 aromatic rings. The number of ether oxygens (including phenoxy) is 1. The van der Waals surface area contributed by atoms with Crippen molar-refractivity contribution in [1.82, 2.24) is 19.5 Å². The van der Waals surface area contributed by atoms with Crippen LogP contribution in [0.1, 0.15) is 11.1 Å². The van der Waals surface area contributed by atoms with Crippen LogP contribution in [-0.2, 0) is 13.1 Å². The van der Waals surface area contributed by atoms with E-state index in [-0.39, 0.29) is 17.9 Å². The van der Waals surface area contributed by atoms with Crippen molar-refractivity contribution < 1.29 is 13.5 Å². The Morgan fingerprint density at radius 3 is 2.52 bits per heavy atom. The fourth-order valence-electron chi connectivity index (χ4n) is 3.55. The molecule has 2 aromatic carbocycles. The number of pyridine rings is 1. The molecule has 0 aliphatic heterocycles. The molecule has 31 heavy (non-hydrogen) atoms. The first kappa shape index (κ1) is 20.7. The van der Waals surface area contributed by atoms with Gasteiger partial charge in [0.2, 0.25) is 0 Å². The topological polar surface area (TPSA) is 54.7 Å². The van der Waals surface area contributed by atoms with Crippen LogP contribution in [0, 0.1) is 11.6 Å². The van der Waals surface area contributed by atoms with Gasteiger partial charge in [0, 0.05) is 18.7 Å². The first-order valence-corrected chi connectivity index (χ1v) is 9.79. The predicted octanol–water partition coefficient (Wildman–Crippen LogP) is 4.36. The van der Waals surface area contributed by atoms with Crippen LogP contribution in [0.25, 0.3) is 16.8 Å². The molecule has 0 bridgehead atoms. The number of hydrogen-bond acceptors (Lipinski definition) is 5. The number of hydrogen-bond donors (Lipinski definition) is 1. The Kier molecular flexibility index (Phi) is 5.81. The maximum atomic E-state index is 14.3. The number of methoxy groups -OCH3 is 1. The molecule has 0 amide bonds. The standard InChI is InChI=1S/C23H23F2N5O/c1-29(2)13-15-4-6-16(7-5-15)17-8-11-21(30-14-27-28-23(17)30)26-12-18-20(31-3)10-9-19(24)22(18)25/h4-11,14,26H,12-13H2,1-3H3. The highest BCUT2D eigenvalue weighted by Gasteiger charge is 2.15. The Labute approximate surface area is 179 Å². The van der Waals surface area contributed by atoms with E-state index >= 15 is 0 Å². The summed E-state index contributed by atoms with van der Waals surface area (Å²) >= 11 is 0. The Hall–Kier alpha value is -3.52. The van der Waals surface area contributed by atoms with Crippen molar-refractivity contribution in [3.8, 4) is 16.9 Å². The van der Waals surface area contributed by atoms with E-state index in [1.54, 1.807) is 10.7 Å². The van der Waals surface area contributed by atoms with Crippen LogP contribution in [0.4, 0.5) is 14.6 Å². The third-order valence-corrected chi connectivity index (χ3v) is 5.04. The zero-order valence-corrected chi connectivity index (χ0v) is 17.6. The normalized spacial score (nSPS) is 11.3. The van der Waals surface area contributed by atoms with Crippen molar-refractivity contribution in [1.29, 1.82) is 0 Å². The lowest BCUT2D eigenvalue weighted by Crippen LogP contribution is -2.10. The molecule has 0 saturated carbocycles. The molecular formula is C23H23F2N5O. The number of rotatable bonds is 7. The summed E-state index contributed by atoms with van der Waals surface area (Å²) in [6, 6.07) is 14.6. The second-order valence-corrected chi connectivity index (χ2v) is 7.49. The lowest BCUT2D eigenvalue weighted by atomic mass is 10.0. The van der Waals surface area contributed by atoms with Gasteiger partial charge in [0.25, 0.3) is 0 Å². The minimum absolute atomic E-state index is 0.0403. The average molecular weight is 423 g/mol. The molecule has 0 saturated heterocycles. The van der Waals surface area contributed by atoms with E-state index in [1.165, 1.54) is 18.7 Å². The van der Waals surface area contributed by atoms with Crippen LogP contribution in [0.15, 0.2) is 54.9 Å². The molecule has 2 aromatic heterocycles.